The Morgan fingerprint density at radius 3 is 2.33 bits per heavy atom. The molecule has 0 spiro atoms. The summed E-state index contributed by atoms with van der Waals surface area (Å²) in [5.41, 5.74) is 3.13. The van der Waals surface area contributed by atoms with E-state index in [1.807, 2.05) is 43.3 Å². The fourth-order valence-electron chi connectivity index (χ4n) is 2.49. The van der Waals surface area contributed by atoms with Gasteiger partial charge in [-0.25, -0.2) is 8.42 Å². The van der Waals surface area contributed by atoms with Gasteiger partial charge in [0.25, 0.3) is 15.9 Å². The van der Waals surface area contributed by atoms with Crippen molar-refractivity contribution in [2.45, 2.75) is 24.8 Å². The Morgan fingerprint density at radius 2 is 1.63 bits per heavy atom. The summed E-state index contributed by atoms with van der Waals surface area (Å²) in [6.45, 7) is 3.40. The number of sulfonamides is 1. The van der Waals surface area contributed by atoms with E-state index in [1.54, 1.807) is 25.1 Å². The third-order valence-electron chi connectivity index (χ3n) is 4.04. The summed E-state index contributed by atoms with van der Waals surface area (Å²) in [5.74, 6) is -0.0726. The molecular formula is C20H20N2O4S. The first-order valence-electron chi connectivity index (χ1n) is 8.39. The first-order chi connectivity index (χ1) is 12.8. The molecule has 2 N–H and O–H groups in total. The Bertz CT molecular complexity index is 1060. The van der Waals surface area contributed by atoms with Crippen molar-refractivity contribution in [1.82, 2.24) is 10.3 Å². The van der Waals surface area contributed by atoms with E-state index in [-0.39, 0.29) is 4.90 Å². The molecule has 27 heavy (non-hydrogen) atoms. The average Bonchev–Trinajstić information content (AvgIpc) is 2.66. The van der Waals surface area contributed by atoms with Crippen LogP contribution in [0.4, 0.5) is 0 Å². The molecule has 0 bridgehead atoms. The van der Waals surface area contributed by atoms with Crippen molar-refractivity contribution < 1.29 is 17.9 Å². The van der Waals surface area contributed by atoms with Crippen LogP contribution in [0, 0.1) is 6.92 Å². The van der Waals surface area contributed by atoms with Gasteiger partial charge in [-0.2, -0.15) is 0 Å². The Kier molecular flexibility index (Phi) is 5.43. The molecule has 6 nitrogen and oxygen atoms in total. The first-order valence-corrected chi connectivity index (χ1v) is 9.87. The molecule has 0 aromatic heterocycles. The molecule has 3 rings (SSSR count). The quantitative estimate of drug-likeness (QED) is 0.640. The number of carbonyl (C=O) groups is 1. The van der Waals surface area contributed by atoms with Crippen LogP contribution in [0.1, 0.15) is 12.5 Å². The third-order valence-corrected chi connectivity index (χ3v) is 5.31. The van der Waals surface area contributed by atoms with Crippen LogP contribution in [0.3, 0.4) is 0 Å². The number of benzene rings is 3. The van der Waals surface area contributed by atoms with Crippen molar-refractivity contribution in [3.05, 3.63) is 72.3 Å². The number of carbonyl (C=O) groups excluding carboxylic acids is 1. The maximum atomic E-state index is 12.2. The van der Waals surface area contributed by atoms with E-state index < -0.39 is 22.0 Å². The van der Waals surface area contributed by atoms with Gasteiger partial charge in [0.1, 0.15) is 5.75 Å². The molecule has 3 aromatic carbocycles. The fraction of sp³-hybridized carbons (Fsp3) is 0.150. The molecule has 0 unspecified atom stereocenters. The van der Waals surface area contributed by atoms with Crippen molar-refractivity contribution in [2.24, 2.45) is 0 Å². The zero-order valence-corrected chi connectivity index (χ0v) is 15.8. The van der Waals surface area contributed by atoms with Crippen molar-refractivity contribution in [2.75, 3.05) is 0 Å². The van der Waals surface area contributed by atoms with Gasteiger partial charge < -0.3 is 4.74 Å². The first kappa shape index (κ1) is 18.9. The number of ether oxygens (including phenoxy) is 1. The Balaban J connectivity index is 1.62. The molecule has 1 amide bonds. The Morgan fingerprint density at radius 1 is 0.963 bits per heavy atom. The highest BCUT2D eigenvalue weighted by Crippen LogP contribution is 2.21. The number of rotatable bonds is 6. The number of hydrogen-bond donors (Lipinski definition) is 2. The number of hydrazine groups is 1. The van der Waals surface area contributed by atoms with E-state index >= 15 is 0 Å². The van der Waals surface area contributed by atoms with Crippen LogP contribution in [0.5, 0.6) is 5.75 Å². The van der Waals surface area contributed by atoms with Crippen molar-refractivity contribution in [1.29, 1.82) is 0 Å². The molecule has 7 heteroatoms. The van der Waals surface area contributed by atoms with E-state index in [2.05, 4.69) is 10.3 Å². The summed E-state index contributed by atoms with van der Waals surface area (Å²) < 4.78 is 30.0. The molecule has 0 radical (unpaired) electrons. The lowest BCUT2D eigenvalue weighted by molar-refractivity contribution is -0.127. The van der Waals surface area contributed by atoms with Crippen LogP contribution >= 0.6 is 0 Å². The molecule has 0 fully saturated rings. The molecule has 1 atom stereocenters. The molecule has 0 heterocycles. The number of hydrogen-bond acceptors (Lipinski definition) is 4. The van der Waals surface area contributed by atoms with Gasteiger partial charge >= 0.3 is 0 Å². The molecule has 140 valence electrons. The van der Waals surface area contributed by atoms with Gasteiger partial charge in [-0.3, -0.25) is 10.2 Å². The predicted molar refractivity (Wildman–Crippen MR) is 104 cm³/mol. The van der Waals surface area contributed by atoms with E-state index in [4.69, 9.17) is 4.74 Å². The average molecular weight is 384 g/mol. The minimum atomic E-state index is -3.84. The summed E-state index contributed by atoms with van der Waals surface area (Å²) >= 11 is 0. The minimum Gasteiger partial charge on any atom is -0.481 e. The van der Waals surface area contributed by atoms with Crippen LogP contribution in [-0.4, -0.2) is 20.4 Å². The summed E-state index contributed by atoms with van der Waals surface area (Å²) in [5, 5.41) is 2.05. The van der Waals surface area contributed by atoms with Gasteiger partial charge in [0.2, 0.25) is 0 Å². The van der Waals surface area contributed by atoms with Gasteiger partial charge in [0.05, 0.1) is 4.90 Å². The van der Waals surface area contributed by atoms with E-state index in [1.165, 1.54) is 12.1 Å². The number of nitrogens with one attached hydrogen (secondary N) is 2. The van der Waals surface area contributed by atoms with Crippen LogP contribution in [0.25, 0.3) is 10.8 Å². The highest BCUT2D eigenvalue weighted by molar-refractivity contribution is 7.89. The standard InChI is InChI=1S/C20H20N2O4S/c1-14-7-11-19(12-8-14)27(24,25)22-21-20(23)15(2)26-18-10-9-16-5-3-4-6-17(16)13-18/h3-13,15,22H,1-2H3,(H,21,23)/t15-/m0/s1. The smallest absolute Gasteiger partial charge is 0.275 e. The number of fused-ring (bicyclic) bond motifs is 1. The molecule has 0 aliphatic carbocycles. The summed E-state index contributed by atoms with van der Waals surface area (Å²) in [6.07, 6.45) is -0.883. The topological polar surface area (TPSA) is 84.5 Å². The minimum absolute atomic E-state index is 0.0662. The fourth-order valence-corrected chi connectivity index (χ4v) is 3.34. The summed E-state index contributed by atoms with van der Waals surface area (Å²) in [4.78, 5) is 14.3. The monoisotopic (exact) mass is 384 g/mol. The largest absolute Gasteiger partial charge is 0.481 e. The van der Waals surface area contributed by atoms with E-state index in [9.17, 15) is 13.2 Å². The zero-order valence-electron chi connectivity index (χ0n) is 15.0. The zero-order chi connectivity index (χ0) is 19.4. The number of amides is 1. The molecule has 0 saturated carbocycles. The van der Waals surface area contributed by atoms with Crippen LogP contribution in [-0.2, 0) is 14.8 Å². The van der Waals surface area contributed by atoms with E-state index in [0.717, 1.165) is 16.3 Å². The highest BCUT2D eigenvalue weighted by atomic mass is 32.2. The van der Waals surface area contributed by atoms with Gasteiger partial charge in [-0.05, 0) is 48.9 Å². The van der Waals surface area contributed by atoms with Gasteiger partial charge in [-0.1, -0.05) is 48.0 Å². The van der Waals surface area contributed by atoms with Crippen LogP contribution in [0.15, 0.2) is 71.6 Å². The molecular weight excluding hydrogens is 364 g/mol. The lowest BCUT2D eigenvalue weighted by atomic mass is 10.1. The lowest BCUT2D eigenvalue weighted by Gasteiger charge is -2.15. The molecule has 3 aromatic rings. The summed E-state index contributed by atoms with van der Waals surface area (Å²) in [6, 6.07) is 19.6. The SMILES string of the molecule is Cc1ccc(S(=O)(=O)NNC(=O)[C@H](C)Oc2ccc3ccccc3c2)cc1. The van der Waals surface area contributed by atoms with Crippen LogP contribution < -0.4 is 15.0 Å². The normalized spacial score (nSPS) is 12.5. The van der Waals surface area contributed by atoms with Gasteiger partial charge in [0, 0.05) is 0 Å². The maximum absolute atomic E-state index is 12.2. The Labute approximate surface area is 158 Å². The Hall–Kier alpha value is -2.90. The van der Waals surface area contributed by atoms with Gasteiger partial charge in [0.15, 0.2) is 6.10 Å². The summed E-state index contributed by atoms with van der Waals surface area (Å²) in [7, 11) is -3.84. The van der Waals surface area contributed by atoms with Crippen molar-refractivity contribution in [3.8, 4) is 5.75 Å². The molecule has 0 saturated heterocycles. The van der Waals surface area contributed by atoms with Crippen molar-refractivity contribution >= 4 is 26.7 Å². The number of aryl methyl sites for hydroxylation is 1. The maximum Gasteiger partial charge on any atom is 0.275 e. The second kappa shape index (κ2) is 7.77. The second-order valence-corrected chi connectivity index (χ2v) is 7.86. The second-order valence-electron chi connectivity index (χ2n) is 6.18. The highest BCUT2D eigenvalue weighted by Gasteiger charge is 2.19. The van der Waals surface area contributed by atoms with E-state index in [0.29, 0.717) is 5.75 Å². The lowest BCUT2D eigenvalue weighted by Crippen LogP contribution is -2.47. The third kappa shape index (κ3) is 4.64. The predicted octanol–water partition coefficient (Wildman–Crippen LogP) is 2.93. The van der Waals surface area contributed by atoms with Crippen LogP contribution in [0.2, 0.25) is 0 Å². The molecule has 0 aliphatic heterocycles. The van der Waals surface area contributed by atoms with Crippen molar-refractivity contribution in [3.63, 3.8) is 0 Å². The molecule has 0 aliphatic rings. The van der Waals surface area contributed by atoms with Gasteiger partial charge in [-0.15, -0.1) is 4.83 Å².